The van der Waals surface area contributed by atoms with E-state index in [2.05, 4.69) is 0 Å². The number of hydrogen-bond acceptors (Lipinski definition) is 3. The molecular formula is C16H24O3. The van der Waals surface area contributed by atoms with Crippen molar-refractivity contribution < 1.29 is 14.6 Å². The van der Waals surface area contributed by atoms with Crippen LogP contribution in [0, 0.1) is 11.8 Å². The number of carbonyl (C=O) groups is 1. The van der Waals surface area contributed by atoms with Crippen LogP contribution in [0.25, 0.3) is 0 Å². The van der Waals surface area contributed by atoms with Gasteiger partial charge in [0.2, 0.25) is 0 Å². The molecule has 19 heavy (non-hydrogen) atoms. The first kappa shape index (κ1) is 15.7. The average molecular weight is 264 g/mol. The molecule has 0 aromatic heterocycles. The van der Waals surface area contributed by atoms with Gasteiger partial charge in [0, 0.05) is 6.42 Å². The van der Waals surface area contributed by atoms with Crippen LogP contribution in [-0.2, 0) is 9.53 Å². The third-order valence-electron chi connectivity index (χ3n) is 3.12. The molecule has 1 aromatic rings. The Labute approximate surface area is 115 Å². The average Bonchev–Trinajstić information content (AvgIpc) is 2.38. The molecule has 1 N–H and O–H groups in total. The molecule has 0 saturated heterocycles. The van der Waals surface area contributed by atoms with Crippen LogP contribution in [0.4, 0.5) is 0 Å². The van der Waals surface area contributed by atoms with Gasteiger partial charge >= 0.3 is 5.97 Å². The molecule has 0 saturated carbocycles. The molecule has 0 spiro atoms. The number of carbonyl (C=O) groups excluding carboxylic acids is 1. The number of ether oxygens (including phenoxy) is 1. The molecule has 0 aliphatic heterocycles. The van der Waals surface area contributed by atoms with Crippen LogP contribution >= 0.6 is 0 Å². The molecule has 0 fully saturated rings. The van der Waals surface area contributed by atoms with Gasteiger partial charge in [-0.2, -0.15) is 0 Å². The number of hydrogen-bond donors (Lipinski definition) is 1. The van der Waals surface area contributed by atoms with Crippen LogP contribution in [-0.4, -0.2) is 17.2 Å². The number of aliphatic hydroxyl groups excluding tert-OH is 1. The summed E-state index contributed by atoms with van der Waals surface area (Å²) in [6.07, 6.45) is -0.432. The van der Waals surface area contributed by atoms with Crippen molar-refractivity contribution in [3.8, 4) is 0 Å². The molecule has 2 atom stereocenters. The summed E-state index contributed by atoms with van der Waals surface area (Å²) in [4.78, 5) is 11.7. The van der Waals surface area contributed by atoms with E-state index in [-0.39, 0.29) is 23.9 Å². The molecule has 0 aliphatic rings. The lowest BCUT2D eigenvalue weighted by Crippen LogP contribution is -2.28. The number of benzene rings is 1. The zero-order chi connectivity index (χ0) is 14.4. The Kier molecular flexibility index (Phi) is 6.03. The van der Waals surface area contributed by atoms with Crippen molar-refractivity contribution in [3.63, 3.8) is 0 Å². The second kappa shape index (κ2) is 7.29. The summed E-state index contributed by atoms with van der Waals surface area (Å²) in [5.41, 5.74) is 0.855. The summed E-state index contributed by atoms with van der Waals surface area (Å²) in [5.74, 6) is -0.171. The van der Waals surface area contributed by atoms with Crippen molar-refractivity contribution in [2.75, 3.05) is 0 Å². The van der Waals surface area contributed by atoms with E-state index < -0.39 is 6.10 Å². The van der Waals surface area contributed by atoms with Gasteiger partial charge in [-0.25, -0.2) is 0 Å². The predicted molar refractivity (Wildman–Crippen MR) is 75.6 cm³/mol. The van der Waals surface area contributed by atoms with Crippen LogP contribution < -0.4 is 0 Å². The third kappa shape index (κ3) is 5.03. The zero-order valence-electron chi connectivity index (χ0n) is 12.2. The van der Waals surface area contributed by atoms with Crippen LogP contribution in [0.5, 0.6) is 0 Å². The molecule has 0 bridgehead atoms. The van der Waals surface area contributed by atoms with Gasteiger partial charge in [0.05, 0.1) is 12.0 Å². The molecule has 1 rings (SSSR count). The fourth-order valence-electron chi connectivity index (χ4n) is 1.77. The van der Waals surface area contributed by atoms with Crippen molar-refractivity contribution in [2.45, 2.75) is 46.3 Å². The number of aliphatic hydroxyl groups is 1. The molecule has 0 unspecified atom stereocenters. The molecule has 3 heteroatoms. The standard InChI is InChI=1S/C16H24O3/c1-11(2)15(19-16(18)12(3)4)10-14(17)13-8-6-5-7-9-13/h5-9,11-12,14-15,17H,10H2,1-4H3/t14-,15-/m0/s1. The van der Waals surface area contributed by atoms with E-state index in [1.165, 1.54) is 0 Å². The van der Waals surface area contributed by atoms with E-state index >= 15 is 0 Å². The van der Waals surface area contributed by atoms with Crippen LogP contribution in [0.2, 0.25) is 0 Å². The minimum absolute atomic E-state index is 0.143. The smallest absolute Gasteiger partial charge is 0.308 e. The highest BCUT2D eigenvalue weighted by Gasteiger charge is 2.23. The predicted octanol–water partition coefficient (Wildman–Crippen LogP) is 3.33. The first-order valence-corrected chi connectivity index (χ1v) is 6.85. The largest absolute Gasteiger partial charge is 0.462 e. The van der Waals surface area contributed by atoms with Crippen molar-refractivity contribution in [3.05, 3.63) is 35.9 Å². The van der Waals surface area contributed by atoms with Gasteiger partial charge in [-0.1, -0.05) is 58.0 Å². The minimum atomic E-state index is -0.603. The lowest BCUT2D eigenvalue weighted by atomic mass is 9.96. The SMILES string of the molecule is CC(C)C(=O)O[C@@H](C[C@H](O)c1ccccc1)C(C)C. The van der Waals surface area contributed by atoms with Gasteiger partial charge in [-0.3, -0.25) is 4.79 Å². The van der Waals surface area contributed by atoms with Gasteiger partial charge in [-0.05, 0) is 11.5 Å². The lowest BCUT2D eigenvalue weighted by molar-refractivity contribution is -0.156. The van der Waals surface area contributed by atoms with Gasteiger partial charge in [-0.15, -0.1) is 0 Å². The van der Waals surface area contributed by atoms with Gasteiger partial charge < -0.3 is 9.84 Å². The summed E-state index contributed by atoms with van der Waals surface area (Å²) < 4.78 is 5.47. The molecule has 0 heterocycles. The lowest BCUT2D eigenvalue weighted by Gasteiger charge is -2.25. The second-order valence-electron chi connectivity index (χ2n) is 5.54. The minimum Gasteiger partial charge on any atom is -0.462 e. The fraction of sp³-hybridized carbons (Fsp3) is 0.562. The zero-order valence-corrected chi connectivity index (χ0v) is 12.2. The van der Waals surface area contributed by atoms with E-state index in [1.807, 2.05) is 58.0 Å². The quantitative estimate of drug-likeness (QED) is 0.802. The van der Waals surface area contributed by atoms with E-state index in [1.54, 1.807) is 0 Å². The Morgan fingerprint density at radius 2 is 1.74 bits per heavy atom. The monoisotopic (exact) mass is 264 g/mol. The molecular weight excluding hydrogens is 240 g/mol. The highest BCUT2D eigenvalue weighted by molar-refractivity contribution is 5.71. The van der Waals surface area contributed by atoms with Crippen molar-refractivity contribution >= 4 is 5.97 Å². The summed E-state index contributed by atoms with van der Waals surface area (Å²) in [6.45, 7) is 7.62. The highest BCUT2D eigenvalue weighted by atomic mass is 16.5. The third-order valence-corrected chi connectivity index (χ3v) is 3.12. The van der Waals surface area contributed by atoms with E-state index in [4.69, 9.17) is 4.74 Å². The van der Waals surface area contributed by atoms with Gasteiger partial charge in [0.15, 0.2) is 0 Å². The molecule has 3 nitrogen and oxygen atoms in total. The van der Waals surface area contributed by atoms with Crippen LogP contribution in [0.1, 0.15) is 45.8 Å². The van der Waals surface area contributed by atoms with Crippen LogP contribution in [0.15, 0.2) is 30.3 Å². The van der Waals surface area contributed by atoms with Crippen LogP contribution in [0.3, 0.4) is 0 Å². The Bertz CT molecular complexity index is 384. The summed E-state index contributed by atoms with van der Waals surface area (Å²) in [6, 6.07) is 9.46. The molecule has 0 amide bonds. The summed E-state index contributed by atoms with van der Waals surface area (Å²) >= 11 is 0. The van der Waals surface area contributed by atoms with Gasteiger partial charge in [0.25, 0.3) is 0 Å². The fourth-order valence-corrected chi connectivity index (χ4v) is 1.77. The molecule has 106 valence electrons. The molecule has 0 aliphatic carbocycles. The van der Waals surface area contributed by atoms with Crippen molar-refractivity contribution in [1.82, 2.24) is 0 Å². The Morgan fingerprint density at radius 3 is 2.21 bits per heavy atom. The summed E-state index contributed by atoms with van der Waals surface area (Å²) in [5, 5.41) is 10.2. The van der Waals surface area contributed by atoms with Gasteiger partial charge in [0.1, 0.15) is 6.10 Å². The maximum absolute atomic E-state index is 11.7. The highest BCUT2D eigenvalue weighted by Crippen LogP contribution is 2.23. The van der Waals surface area contributed by atoms with Crippen molar-refractivity contribution in [2.24, 2.45) is 11.8 Å². The van der Waals surface area contributed by atoms with E-state index in [9.17, 15) is 9.90 Å². The molecule has 0 radical (unpaired) electrons. The number of esters is 1. The Hall–Kier alpha value is -1.35. The Morgan fingerprint density at radius 1 is 1.16 bits per heavy atom. The van der Waals surface area contributed by atoms with Crippen molar-refractivity contribution in [1.29, 1.82) is 0 Å². The first-order valence-electron chi connectivity index (χ1n) is 6.85. The maximum Gasteiger partial charge on any atom is 0.308 e. The van der Waals surface area contributed by atoms with E-state index in [0.29, 0.717) is 6.42 Å². The topological polar surface area (TPSA) is 46.5 Å². The second-order valence-corrected chi connectivity index (χ2v) is 5.54. The normalized spacial score (nSPS) is 14.5. The summed E-state index contributed by atoms with van der Waals surface area (Å²) in [7, 11) is 0. The molecule has 1 aromatic carbocycles. The maximum atomic E-state index is 11.7. The number of rotatable bonds is 6. The first-order chi connectivity index (χ1) is 8.91. The van der Waals surface area contributed by atoms with E-state index in [0.717, 1.165) is 5.56 Å². The Balaban J connectivity index is 2.66.